The van der Waals surface area contributed by atoms with Gasteiger partial charge in [0.1, 0.15) is 22.3 Å². The second-order valence-electron chi connectivity index (χ2n) is 13.0. The van der Waals surface area contributed by atoms with E-state index >= 15 is 0 Å². The van der Waals surface area contributed by atoms with E-state index < -0.39 is 0 Å². The van der Waals surface area contributed by atoms with Crippen LogP contribution < -0.4 is 0 Å². The average molecular weight is 642 g/mol. The summed E-state index contributed by atoms with van der Waals surface area (Å²) in [6.07, 6.45) is 0. The van der Waals surface area contributed by atoms with Gasteiger partial charge in [0, 0.05) is 43.7 Å². The summed E-state index contributed by atoms with van der Waals surface area (Å²) in [4.78, 5) is 10.3. The lowest BCUT2D eigenvalue weighted by Gasteiger charge is -2.13. The van der Waals surface area contributed by atoms with Crippen LogP contribution in [0.4, 0.5) is 0 Å². The van der Waals surface area contributed by atoms with Crippen LogP contribution in [0, 0.1) is 6.92 Å². The maximum atomic E-state index is 6.81. The molecule has 7 aromatic carbocycles. The smallest absolute Gasteiger partial charge is 0.160 e. The average Bonchev–Trinajstić information content (AvgIpc) is 3.84. The van der Waals surface area contributed by atoms with Crippen molar-refractivity contribution >= 4 is 76.7 Å². The first-order valence-corrected chi connectivity index (χ1v) is 16.8. The Labute approximate surface area is 285 Å². The van der Waals surface area contributed by atoms with Crippen LogP contribution in [0.1, 0.15) is 5.56 Å². The fourth-order valence-electron chi connectivity index (χ4n) is 7.85. The van der Waals surface area contributed by atoms with Crippen molar-refractivity contribution in [1.82, 2.24) is 14.5 Å². The van der Waals surface area contributed by atoms with Crippen LogP contribution in [0.5, 0.6) is 0 Å². The highest BCUT2D eigenvalue weighted by Crippen LogP contribution is 2.48. The minimum Gasteiger partial charge on any atom is -0.455 e. The number of para-hydroxylation sites is 5. The van der Waals surface area contributed by atoms with Gasteiger partial charge in [-0.1, -0.05) is 103 Å². The zero-order valence-electron chi connectivity index (χ0n) is 27.0. The topological polar surface area (TPSA) is 57.0 Å². The molecule has 0 aliphatic carbocycles. The molecule has 0 fully saturated rings. The molecule has 0 aliphatic rings. The van der Waals surface area contributed by atoms with E-state index in [-0.39, 0.29) is 0 Å². The predicted molar refractivity (Wildman–Crippen MR) is 204 cm³/mol. The first-order valence-electron chi connectivity index (χ1n) is 16.8. The number of rotatable bonds is 3. The van der Waals surface area contributed by atoms with Crippen molar-refractivity contribution in [2.75, 3.05) is 0 Å². The zero-order chi connectivity index (χ0) is 32.9. The Kier molecular flexibility index (Phi) is 5.53. The summed E-state index contributed by atoms with van der Waals surface area (Å²) in [6, 6.07) is 50.3. The van der Waals surface area contributed by atoms with E-state index in [0.29, 0.717) is 0 Å². The van der Waals surface area contributed by atoms with Crippen molar-refractivity contribution in [3.63, 3.8) is 0 Å². The monoisotopic (exact) mass is 641 g/mol. The lowest BCUT2D eigenvalue weighted by molar-refractivity contribution is 0.667. The molecule has 50 heavy (non-hydrogen) atoms. The number of hydrogen-bond acceptors (Lipinski definition) is 4. The number of nitrogens with zero attached hydrogens (tertiary/aromatic N) is 3. The second-order valence-corrected chi connectivity index (χ2v) is 13.0. The Morgan fingerprint density at radius 2 is 1.06 bits per heavy atom. The number of furan rings is 2. The molecule has 11 rings (SSSR count). The minimum absolute atomic E-state index is 0.850. The molecule has 5 heteroatoms. The molecular formula is C45H27N3O2. The summed E-state index contributed by atoms with van der Waals surface area (Å²) >= 11 is 0. The van der Waals surface area contributed by atoms with Gasteiger partial charge >= 0.3 is 0 Å². The van der Waals surface area contributed by atoms with E-state index in [2.05, 4.69) is 109 Å². The van der Waals surface area contributed by atoms with E-state index in [1.54, 1.807) is 0 Å². The summed E-state index contributed by atoms with van der Waals surface area (Å²) in [5, 5.41) is 6.48. The molecule has 4 aromatic heterocycles. The number of fused-ring (bicyclic) bond motifs is 13. The molecule has 0 bridgehead atoms. The minimum atomic E-state index is 0.850. The van der Waals surface area contributed by atoms with Crippen molar-refractivity contribution in [3.05, 3.63) is 151 Å². The van der Waals surface area contributed by atoms with Gasteiger partial charge in [-0.05, 0) is 55.5 Å². The second kappa shape index (κ2) is 10.1. The third-order valence-corrected chi connectivity index (χ3v) is 10.0. The lowest BCUT2D eigenvalue weighted by atomic mass is 10.0. The summed E-state index contributed by atoms with van der Waals surface area (Å²) in [7, 11) is 0. The van der Waals surface area contributed by atoms with E-state index in [1.165, 1.54) is 5.56 Å². The maximum absolute atomic E-state index is 6.81. The van der Waals surface area contributed by atoms with Crippen molar-refractivity contribution in [1.29, 1.82) is 0 Å². The maximum Gasteiger partial charge on any atom is 0.160 e. The molecule has 0 radical (unpaired) electrons. The van der Waals surface area contributed by atoms with Crippen LogP contribution in [0.2, 0.25) is 0 Å². The Morgan fingerprint density at radius 1 is 0.480 bits per heavy atom. The highest BCUT2D eigenvalue weighted by molar-refractivity contribution is 6.38. The number of benzene rings is 7. The third kappa shape index (κ3) is 3.77. The highest BCUT2D eigenvalue weighted by Gasteiger charge is 2.26. The molecule has 0 atom stereocenters. The number of aromatic nitrogens is 3. The molecule has 11 aromatic rings. The van der Waals surface area contributed by atoms with Crippen molar-refractivity contribution in [2.45, 2.75) is 6.92 Å². The van der Waals surface area contributed by atoms with E-state index in [1.807, 2.05) is 48.5 Å². The van der Waals surface area contributed by atoms with Gasteiger partial charge in [-0.3, -0.25) is 0 Å². The summed E-state index contributed by atoms with van der Waals surface area (Å²) in [5.74, 6) is 0. The number of hydrogen-bond donors (Lipinski definition) is 0. The molecule has 0 saturated carbocycles. The van der Waals surface area contributed by atoms with Crippen LogP contribution in [0.15, 0.2) is 154 Å². The summed E-state index contributed by atoms with van der Waals surface area (Å²) in [5.41, 5.74) is 13.2. The van der Waals surface area contributed by atoms with Gasteiger partial charge < -0.3 is 13.4 Å². The van der Waals surface area contributed by atoms with Crippen molar-refractivity contribution in [3.8, 4) is 28.2 Å². The zero-order valence-corrected chi connectivity index (χ0v) is 27.0. The van der Waals surface area contributed by atoms with Crippen LogP contribution in [-0.2, 0) is 0 Å². The van der Waals surface area contributed by atoms with Crippen LogP contribution in [-0.4, -0.2) is 14.5 Å². The lowest BCUT2D eigenvalue weighted by Crippen LogP contribution is -1.97. The van der Waals surface area contributed by atoms with Crippen LogP contribution >= 0.6 is 0 Å². The molecule has 0 spiro atoms. The highest BCUT2D eigenvalue weighted by atomic mass is 16.3. The molecule has 5 nitrogen and oxygen atoms in total. The molecule has 0 unspecified atom stereocenters. The first kappa shape index (κ1) is 27.3. The number of aryl methyl sites for hydroxylation is 1. The summed E-state index contributed by atoms with van der Waals surface area (Å²) < 4.78 is 15.9. The fraction of sp³-hybridized carbons (Fsp3) is 0.0222. The van der Waals surface area contributed by atoms with Gasteiger partial charge in [-0.2, -0.15) is 0 Å². The first-order chi connectivity index (χ1) is 24.7. The summed E-state index contributed by atoms with van der Waals surface area (Å²) in [6.45, 7) is 2.11. The Morgan fingerprint density at radius 3 is 1.76 bits per heavy atom. The molecule has 4 heterocycles. The quantitative estimate of drug-likeness (QED) is 0.193. The van der Waals surface area contributed by atoms with Crippen molar-refractivity contribution < 1.29 is 8.83 Å². The molecule has 0 N–H and O–H groups in total. The fourth-order valence-corrected chi connectivity index (χ4v) is 7.85. The third-order valence-electron chi connectivity index (χ3n) is 10.0. The molecule has 0 aliphatic heterocycles. The Bertz CT molecular complexity index is 3160. The molecule has 0 saturated heterocycles. The van der Waals surface area contributed by atoms with Gasteiger partial charge in [-0.25, -0.2) is 9.97 Å². The predicted octanol–water partition coefficient (Wildman–Crippen LogP) is 12.2. The van der Waals surface area contributed by atoms with E-state index in [4.69, 9.17) is 18.8 Å². The normalized spacial score (nSPS) is 12.1. The van der Waals surface area contributed by atoms with Crippen molar-refractivity contribution in [2.24, 2.45) is 0 Å². The van der Waals surface area contributed by atoms with E-state index in [9.17, 15) is 0 Å². The Hall–Kier alpha value is -6.72. The van der Waals surface area contributed by atoms with Gasteiger partial charge in [0.2, 0.25) is 0 Å². The van der Waals surface area contributed by atoms with Gasteiger partial charge in [0.25, 0.3) is 0 Å². The van der Waals surface area contributed by atoms with Gasteiger partial charge in [-0.15, -0.1) is 0 Å². The van der Waals surface area contributed by atoms with E-state index in [0.717, 1.165) is 105 Å². The van der Waals surface area contributed by atoms with Gasteiger partial charge in [0.05, 0.1) is 33.3 Å². The molecule has 234 valence electrons. The Balaban J connectivity index is 1.21. The largest absolute Gasteiger partial charge is 0.455 e. The SMILES string of the molecule is Cc1cccc(-c2nc3ccccc3nc2-c2ccc(-n3c4ccccc4c4c5oc6ccccc6c5c5c6ccccc6oc5c43)cc2)c1. The van der Waals surface area contributed by atoms with Crippen LogP contribution in [0.3, 0.4) is 0 Å². The van der Waals surface area contributed by atoms with Gasteiger partial charge in [0.15, 0.2) is 5.58 Å². The van der Waals surface area contributed by atoms with Crippen LogP contribution in [0.25, 0.3) is 105 Å². The molecular weight excluding hydrogens is 615 g/mol. The molecule has 0 amide bonds. The standard InChI is InChI=1S/C45H27N3O2/c1-26-11-10-12-28(25-26)42-41(46-33-16-5-6-17-34(33)47-42)27-21-23-29(24-22-27)48-35-18-7-2-13-30(35)40-43(48)45-39(32-15-4-9-20-37(32)50-45)38-31-14-3-8-19-36(31)49-44(38)40/h2-25H,1H3.